The van der Waals surface area contributed by atoms with Crippen molar-refractivity contribution in [3.63, 3.8) is 0 Å². The quantitative estimate of drug-likeness (QED) is 0.454. The molecular formula is C26H29N3O5. The maximum atomic E-state index is 14.0. The van der Waals surface area contributed by atoms with Gasteiger partial charge in [-0.1, -0.05) is 0 Å². The molecule has 8 rings (SSSR count). The number of benzene rings is 1. The first-order valence-corrected chi connectivity index (χ1v) is 12.2. The Morgan fingerprint density at radius 3 is 2.76 bits per heavy atom. The SMILES string of the molecule is CC1(C)C=Cc2c(ccc3c2[N+]([O-])=C2C(C)(C)[C@@H]4C[C@@]56CCCN5C(=O)[C@@]4(C[C@@]23O)NC6=O)O1. The van der Waals surface area contributed by atoms with Gasteiger partial charge in [-0.2, -0.15) is 4.74 Å². The van der Waals surface area contributed by atoms with Crippen LogP contribution in [0.3, 0.4) is 0 Å². The van der Waals surface area contributed by atoms with E-state index in [2.05, 4.69) is 5.32 Å². The molecule has 4 saturated heterocycles. The number of fused-ring (bicyclic) bond motifs is 6. The fraction of sp³-hybridized carbons (Fsp3) is 0.577. The van der Waals surface area contributed by atoms with Crippen LogP contribution in [0.25, 0.3) is 6.08 Å². The fourth-order valence-electron chi connectivity index (χ4n) is 8.13. The number of carbonyl (C=O) groups is 2. The third kappa shape index (κ3) is 1.97. The van der Waals surface area contributed by atoms with Gasteiger partial charge in [0.25, 0.3) is 0 Å². The number of amides is 2. The van der Waals surface area contributed by atoms with E-state index in [1.54, 1.807) is 17.0 Å². The Labute approximate surface area is 197 Å². The minimum absolute atomic E-state index is 0.0405. The van der Waals surface area contributed by atoms with Crippen molar-refractivity contribution in [1.82, 2.24) is 10.2 Å². The number of piperidine rings is 2. The minimum Gasteiger partial charge on any atom is -0.618 e. The van der Waals surface area contributed by atoms with Gasteiger partial charge in [-0.3, -0.25) is 9.59 Å². The second-order valence-electron chi connectivity index (χ2n) is 12.1. The first-order valence-electron chi connectivity index (χ1n) is 12.2. The average Bonchev–Trinajstić information content (AvgIpc) is 3.27. The second kappa shape index (κ2) is 5.51. The van der Waals surface area contributed by atoms with E-state index in [-0.39, 0.29) is 24.2 Å². The molecule has 5 fully saturated rings. The van der Waals surface area contributed by atoms with Crippen molar-refractivity contribution in [3.05, 3.63) is 34.5 Å². The Kier molecular flexibility index (Phi) is 3.32. The molecule has 2 bridgehead atoms. The van der Waals surface area contributed by atoms with E-state index in [0.29, 0.717) is 47.7 Å². The van der Waals surface area contributed by atoms with Crippen molar-refractivity contribution in [1.29, 1.82) is 0 Å². The molecule has 2 N–H and O–H groups in total. The first-order chi connectivity index (χ1) is 15.9. The lowest BCUT2D eigenvalue weighted by molar-refractivity contribution is -0.368. The molecule has 2 amide bonds. The molecule has 178 valence electrons. The molecule has 34 heavy (non-hydrogen) atoms. The number of nitrogens with one attached hydrogen (secondary N) is 1. The maximum absolute atomic E-state index is 14.0. The molecule has 6 aliphatic heterocycles. The van der Waals surface area contributed by atoms with Gasteiger partial charge >= 0.3 is 0 Å². The van der Waals surface area contributed by atoms with E-state index >= 15 is 0 Å². The highest BCUT2D eigenvalue weighted by atomic mass is 16.5. The van der Waals surface area contributed by atoms with Crippen molar-refractivity contribution in [2.45, 2.75) is 75.7 Å². The van der Waals surface area contributed by atoms with Crippen LogP contribution in [0.1, 0.15) is 64.5 Å². The molecule has 1 saturated carbocycles. The van der Waals surface area contributed by atoms with Crippen molar-refractivity contribution in [3.8, 4) is 5.75 Å². The third-order valence-corrected chi connectivity index (χ3v) is 9.47. The molecule has 1 aliphatic carbocycles. The smallest absolute Gasteiger partial charge is 0.249 e. The first kappa shape index (κ1) is 20.5. The molecule has 8 heteroatoms. The molecule has 1 aromatic carbocycles. The Balaban J connectivity index is 1.47. The summed E-state index contributed by atoms with van der Waals surface area (Å²) in [6, 6.07) is 3.53. The molecule has 2 spiro atoms. The Morgan fingerprint density at radius 1 is 1.24 bits per heavy atom. The number of rotatable bonds is 0. The normalized spacial score (nSPS) is 39.7. The summed E-state index contributed by atoms with van der Waals surface area (Å²) in [5, 5.41) is 29.4. The van der Waals surface area contributed by atoms with Crippen molar-refractivity contribution < 1.29 is 24.2 Å². The van der Waals surface area contributed by atoms with Crippen molar-refractivity contribution >= 4 is 29.3 Å². The summed E-state index contributed by atoms with van der Waals surface area (Å²) < 4.78 is 6.97. The van der Waals surface area contributed by atoms with E-state index in [1.807, 2.05) is 39.8 Å². The van der Waals surface area contributed by atoms with E-state index in [4.69, 9.17) is 4.74 Å². The summed E-state index contributed by atoms with van der Waals surface area (Å²) in [6.07, 6.45) is 5.68. The molecule has 7 aliphatic rings. The van der Waals surface area contributed by atoms with Gasteiger partial charge < -0.3 is 25.3 Å². The number of hydrogen-bond acceptors (Lipinski definition) is 5. The summed E-state index contributed by atoms with van der Waals surface area (Å²) in [5.74, 6) is 0.0652. The number of hydrogen-bond donors (Lipinski definition) is 2. The highest BCUT2D eigenvalue weighted by molar-refractivity contribution is 6.09. The van der Waals surface area contributed by atoms with Gasteiger partial charge in [-0.25, -0.2) is 0 Å². The number of carbonyl (C=O) groups excluding carboxylic acids is 2. The van der Waals surface area contributed by atoms with E-state index < -0.39 is 27.7 Å². The average molecular weight is 464 g/mol. The van der Waals surface area contributed by atoms with Crippen LogP contribution in [-0.4, -0.2) is 55.5 Å². The summed E-state index contributed by atoms with van der Waals surface area (Å²) in [7, 11) is 0. The predicted octanol–water partition coefficient (Wildman–Crippen LogP) is 2.33. The Hall–Kier alpha value is -2.87. The third-order valence-electron chi connectivity index (χ3n) is 9.47. The molecule has 4 atom stereocenters. The van der Waals surface area contributed by atoms with Gasteiger partial charge in [0.2, 0.25) is 23.2 Å². The molecule has 6 heterocycles. The lowest BCUT2D eigenvalue weighted by Gasteiger charge is -2.65. The summed E-state index contributed by atoms with van der Waals surface area (Å²) in [5.41, 5.74) is -3.25. The fourth-order valence-corrected chi connectivity index (χ4v) is 8.13. The van der Waals surface area contributed by atoms with Gasteiger partial charge in [0.1, 0.15) is 22.4 Å². The van der Waals surface area contributed by atoms with Crippen LogP contribution in [0.4, 0.5) is 5.69 Å². The molecule has 0 unspecified atom stereocenters. The molecule has 0 aromatic heterocycles. The van der Waals surface area contributed by atoms with E-state index in [1.165, 1.54) is 0 Å². The van der Waals surface area contributed by atoms with Gasteiger partial charge in [-0.15, -0.1) is 0 Å². The van der Waals surface area contributed by atoms with Gasteiger partial charge in [0.15, 0.2) is 5.60 Å². The van der Waals surface area contributed by atoms with Crippen molar-refractivity contribution in [2.24, 2.45) is 11.3 Å². The summed E-state index contributed by atoms with van der Waals surface area (Å²) in [4.78, 5) is 29.0. The highest BCUT2D eigenvalue weighted by Crippen LogP contribution is 2.64. The highest BCUT2D eigenvalue weighted by Gasteiger charge is 2.79. The largest absolute Gasteiger partial charge is 0.618 e. The van der Waals surface area contributed by atoms with Crippen molar-refractivity contribution in [2.75, 3.05) is 6.54 Å². The zero-order chi connectivity index (χ0) is 24.1. The molecule has 8 nitrogen and oxygen atoms in total. The second-order valence-corrected chi connectivity index (χ2v) is 12.1. The number of aliphatic hydroxyl groups is 1. The van der Waals surface area contributed by atoms with Crippen LogP contribution in [0.2, 0.25) is 0 Å². The lowest BCUT2D eigenvalue weighted by atomic mass is 9.47. The minimum atomic E-state index is -1.67. The van der Waals surface area contributed by atoms with Gasteiger partial charge in [-0.05, 0) is 71.2 Å². The zero-order valence-electron chi connectivity index (χ0n) is 19.9. The van der Waals surface area contributed by atoms with Crippen LogP contribution >= 0.6 is 0 Å². The molecular weight excluding hydrogens is 434 g/mol. The predicted molar refractivity (Wildman–Crippen MR) is 123 cm³/mol. The number of nitrogens with zero attached hydrogens (tertiary/aromatic N) is 2. The topological polar surface area (TPSA) is 105 Å². The number of ether oxygens (including phenoxy) is 1. The monoisotopic (exact) mass is 463 g/mol. The van der Waals surface area contributed by atoms with E-state index in [9.17, 15) is 19.9 Å². The van der Waals surface area contributed by atoms with Crippen LogP contribution in [0.15, 0.2) is 18.2 Å². The van der Waals surface area contributed by atoms with Crippen LogP contribution in [-0.2, 0) is 15.2 Å². The molecule has 1 aromatic rings. The Morgan fingerprint density at radius 2 is 2.00 bits per heavy atom. The van der Waals surface area contributed by atoms with Crippen LogP contribution in [0.5, 0.6) is 5.75 Å². The van der Waals surface area contributed by atoms with Gasteiger partial charge in [0, 0.05) is 18.9 Å². The summed E-state index contributed by atoms with van der Waals surface area (Å²) >= 11 is 0. The number of piperazine rings is 1. The van der Waals surface area contributed by atoms with E-state index in [0.717, 1.165) is 11.2 Å². The lowest BCUT2D eigenvalue weighted by Crippen LogP contribution is -2.86. The van der Waals surface area contributed by atoms with Crippen LogP contribution < -0.4 is 10.1 Å². The zero-order valence-corrected chi connectivity index (χ0v) is 19.9. The van der Waals surface area contributed by atoms with Gasteiger partial charge in [0.05, 0.1) is 16.5 Å². The Bertz CT molecular complexity index is 1300. The standard InChI is InChI=1S/C26H29N3O5/c1-22(2)10-8-14-16(34-22)7-6-15-18(14)29(33)19-23(3,4)17-12-24-9-5-11-28(24)21(31)25(17,27-20(24)30)13-26(15,19)32/h6-8,10,17,32H,5,9,11-13H2,1-4H3,(H,27,30)/t17-,24+,25-,26-/m0/s1. The maximum Gasteiger partial charge on any atom is 0.249 e. The molecule has 0 radical (unpaired) electrons. The van der Waals surface area contributed by atoms with Crippen LogP contribution in [0, 0.1) is 16.5 Å². The summed E-state index contributed by atoms with van der Waals surface area (Å²) in [6.45, 7) is 8.33.